The van der Waals surface area contributed by atoms with Crippen molar-refractivity contribution in [3.63, 3.8) is 0 Å². The lowest BCUT2D eigenvalue weighted by Crippen LogP contribution is -2.26. The van der Waals surface area contributed by atoms with E-state index < -0.39 is 6.36 Å². The third-order valence-corrected chi connectivity index (χ3v) is 3.39. The van der Waals surface area contributed by atoms with Crippen LogP contribution in [0.1, 0.15) is 35.8 Å². The summed E-state index contributed by atoms with van der Waals surface area (Å²) in [6, 6.07) is 11.7. The quantitative estimate of drug-likeness (QED) is 0.833. The van der Waals surface area contributed by atoms with Gasteiger partial charge < -0.3 is 14.8 Å². The lowest BCUT2D eigenvalue weighted by Gasteiger charge is -2.15. The highest BCUT2D eigenvalue weighted by atomic mass is 19.4. The minimum absolute atomic E-state index is 0.286. The number of carbonyl (C=O) groups is 1. The number of amides is 1. The maximum atomic E-state index is 12.2. The smallest absolute Gasteiger partial charge is 0.494 e. The normalized spacial score (nSPS) is 12.4. The zero-order valence-corrected chi connectivity index (χ0v) is 13.8. The Morgan fingerprint density at radius 3 is 2.12 bits per heavy atom. The van der Waals surface area contributed by atoms with Crippen molar-refractivity contribution < 1.29 is 27.4 Å². The van der Waals surface area contributed by atoms with E-state index in [1.807, 2.05) is 6.92 Å². The molecule has 0 saturated heterocycles. The number of carbonyl (C=O) groups excluding carboxylic acids is 1. The summed E-state index contributed by atoms with van der Waals surface area (Å²) < 4.78 is 45.6. The van der Waals surface area contributed by atoms with Crippen LogP contribution in [-0.2, 0) is 0 Å². The molecular weight excluding hydrogens is 335 g/mol. The van der Waals surface area contributed by atoms with Crippen LogP contribution in [0.25, 0.3) is 0 Å². The Balaban J connectivity index is 1.98. The highest BCUT2D eigenvalue weighted by Crippen LogP contribution is 2.24. The van der Waals surface area contributed by atoms with Crippen LogP contribution in [-0.4, -0.2) is 18.9 Å². The maximum Gasteiger partial charge on any atom is 0.573 e. The summed E-state index contributed by atoms with van der Waals surface area (Å²) in [7, 11) is 0. The van der Waals surface area contributed by atoms with E-state index in [1.54, 1.807) is 31.2 Å². The fraction of sp³-hybridized carbons (Fsp3) is 0.278. The van der Waals surface area contributed by atoms with Gasteiger partial charge in [0, 0.05) is 5.56 Å². The number of hydrogen-bond acceptors (Lipinski definition) is 3. The third kappa shape index (κ3) is 5.70. The van der Waals surface area contributed by atoms with E-state index in [0.29, 0.717) is 23.5 Å². The van der Waals surface area contributed by atoms with Crippen LogP contribution in [0.2, 0.25) is 0 Å². The minimum Gasteiger partial charge on any atom is -0.494 e. The van der Waals surface area contributed by atoms with E-state index in [1.165, 1.54) is 24.3 Å². The Morgan fingerprint density at radius 2 is 1.60 bits per heavy atom. The summed E-state index contributed by atoms with van der Waals surface area (Å²) in [4.78, 5) is 12.2. The molecule has 0 fully saturated rings. The second kappa shape index (κ2) is 7.92. The van der Waals surface area contributed by atoms with E-state index in [9.17, 15) is 18.0 Å². The topological polar surface area (TPSA) is 47.6 Å². The van der Waals surface area contributed by atoms with Gasteiger partial charge in [0.1, 0.15) is 11.5 Å². The zero-order valence-electron chi connectivity index (χ0n) is 13.8. The molecule has 0 saturated carbocycles. The van der Waals surface area contributed by atoms with Gasteiger partial charge in [0.25, 0.3) is 5.91 Å². The first-order chi connectivity index (χ1) is 11.8. The molecule has 0 heterocycles. The van der Waals surface area contributed by atoms with Gasteiger partial charge in [-0.25, -0.2) is 0 Å². The van der Waals surface area contributed by atoms with Gasteiger partial charge in [-0.15, -0.1) is 13.2 Å². The van der Waals surface area contributed by atoms with Gasteiger partial charge in [0.05, 0.1) is 12.6 Å². The van der Waals surface area contributed by atoms with Gasteiger partial charge in [0.15, 0.2) is 0 Å². The summed E-state index contributed by atoms with van der Waals surface area (Å²) in [6.45, 7) is 4.15. The summed E-state index contributed by atoms with van der Waals surface area (Å²) in [5, 5.41) is 2.79. The van der Waals surface area contributed by atoms with Crippen molar-refractivity contribution in [2.45, 2.75) is 26.3 Å². The van der Waals surface area contributed by atoms with Gasteiger partial charge >= 0.3 is 6.36 Å². The summed E-state index contributed by atoms with van der Waals surface area (Å²) in [5.41, 5.74) is 1.13. The first-order valence-electron chi connectivity index (χ1n) is 7.68. The Morgan fingerprint density at radius 1 is 1.04 bits per heavy atom. The lowest BCUT2D eigenvalue weighted by molar-refractivity contribution is -0.274. The highest BCUT2D eigenvalue weighted by Gasteiger charge is 2.31. The molecule has 1 atom stereocenters. The molecule has 7 heteroatoms. The second-order valence-electron chi connectivity index (χ2n) is 5.27. The minimum atomic E-state index is -4.73. The molecule has 134 valence electrons. The molecule has 1 amide bonds. The summed E-state index contributed by atoms with van der Waals surface area (Å²) in [5.74, 6) is 0.0832. The molecule has 2 aromatic carbocycles. The van der Waals surface area contributed by atoms with E-state index >= 15 is 0 Å². The van der Waals surface area contributed by atoms with E-state index in [2.05, 4.69) is 10.1 Å². The number of hydrogen-bond donors (Lipinski definition) is 1. The molecule has 0 aromatic heterocycles. The van der Waals surface area contributed by atoms with Crippen molar-refractivity contribution in [2.75, 3.05) is 6.61 Å². The predicted molar refractivity (Wildman–Crippen MR) is 86.6 cm³/mol. The van der Waals surface area contributed by atoms with Crippen molar-refractivity contribution in [3.05, 3.63) is 59.7 Å². The van der Waals surface area contributed by atoms with Crippen LogP contribution in [0.4, 0.5) is 13.2 Å². The van der Waals surface area contributed by atoms with E-state index in [-0.39, 0.29) is 17.7 Å². The Hall–Kier alpha value is -2.70. The van der Waals surface area contributed by atoms with Gasteiger partial charge in [0.2, 0.25) is 0 Å². The number of nitrogens with one attached hydrogen (secondary N) is 1. The van der Waals surface area contributed by atoms with Crippen molar-refractivity contribution in [1.82, 2.24) is 5.32 Å². The van der Waals surface area contributed by atoms with Crippen LogP contribution in [0.5, 0.6) is 11.5 Å². The van der Waals surface area contributed by atoms with Gasteiger partial charge in [-0.2, -0.15) is 0 Å². The largest absolute Gasteiger partial charge is 0.573 e. The van der Waals surface area contributed by atoms with Crippen LogP contribution in [0, 0.1) is 0 Å². The molecule has 0 spiro atoms. The average molecular weight is 353 g/mol. The molecule has 2 aromatic rings. The second-order valence-corrected chi connectivity index (χ2v) is 5.27. The van der Waals surface area contributed by atoms with Gasteiger partial charge in [-0.1, -0.05) is 12.1 Å². The number of halogens is 3. The van der Waals surface area contributed by atoms with Gasteiger partial charge in [-0.3, -0.25) is 4.79 Å². The average Bonchev–Trinajstić information content (AvgIpc) is 2.55. The predicted octanol–water partition coefficient (Wildman–Crippen LogP) is 4.47. The molecule has 2 rings (SSSR count). The first kappa shape index (κ1) is 18.6. The van der Waals surface area contributed by atoms with Crippen molar-refractivity contribution in [3.8, 4) is 11.5 Å². The summed E-state index contributed by atoms with van der Waals surface area (Å²) >= 11 is 0. The van der Waals surface area contributed by atoms with Crippen molar-refractivity contribution >= 4 is 5.91 Å². The molecule has 0 bridgehead atoms. The molecular formula is C18H18F3NO3. The van der Waals surface area contributed by atoms with Crippen LogP contribution < -0.4 is 14.8 Å². The Labute approximate surface area is 143 Å². The number of rotatable bonds is 6. The van der Waals surface area contributed by atoms with Crippen LogP contribution >= 0.6 is 0 Å². The van der Waals surface area contributed by atoms with Crippen LogP contribution in [0.3, 0.4) is 0 Å². The first-order valence-corrected chi connectivity index (χ1v) is 7.68. The van der Waals surface area contributed by atoms with Crippen LogP contribution in [0.15, 0.2) is 48.5 Å². The highest BCUT2D eigenvalue weighted by molar-refractivity contribution is 5.94. The zero-order chi connectivity index (χ0) is 18.4. The molecule has 25 heavy (non-hydrogen) atoms. The monoisotopic (exact) mass is 353 g/mol. The molecule has 0 radical (unpaired) electrons. The Kier molecular flexibility index (Phi) is 5.90. The molecule has 0 aliphatic heterocycles. The van der Waals surface area contributed by atoms with E-state index in [4.69, 9.17) is 4.74 Å². The Bertz CT molecular complexity index is 697. The van der Waals surface area contributed by atoms with E-state index in [0.717, 1.165) is 0 Å². The summed E-state index contributed by atoms with van der Waals surface area (Å²) in [6.07, 6.45) is -4.73. The molecule has 0 aliphatic rings. The fourth-order valence-corrected chi connectivity index (χ4v) is 2.19. The number of alkyl halides is 3. The van der Waals surface area contributed by atoms with Gasteiger partial charge in [-0.05, 0) is 55.8 Å². The van der Waals surface area contributed by atoms with Crippen molar-refractivity contribution in [2.24, 2.45) is 0 Å². The fourth-order valence-electron chi connectivity index (χ4n) is 2.19. The van der Waals surface area contributed by atoms with Crippen molar-refractivity contribution in [1.29, 1.82) is 0 Å². The molecule has 1 unspecified atom stereocenters. The number of ether oxygens (including phenoxy) is 2. The SMILES string of the molecule is CCOc1ccc(C(=O)NC(C)c2ccc(OC(F)(F)F)cc2)cc1. The molecule has 1 N–H and O–H groups in total. The lowest BCUT2D eigenvalue weighted by atomic mass is 10.1. The molecule has 0 aliphatic carbocycles. The standard InChI is InChI=1S/C18H18F3NO3/c1-3-24-15-8-6-14(7-9-15)17(23)22-12(2)13-4-10-16(11-5-13)25-18(19,20)21/h4-12H,3H2,1-2H3,(H,22,23). The number of benzene rings is 2. The maximum absolute atomic E-state index is 12.2. The molecule has 4 nitrogen and oxygen atoms in total. The third-order valence-electron chi connectivity index (χ3n) is 3.39.